The lowest BCUT2D eigenvalue weighted by molar-refractivity contribution is 0.581. The molecule has 0 fully saturated rings. The molecule has 1 heterocycles. The molecule has 0 aliphatic rings. The Balaban J connectivity index is 2.31. The Bertz CT molecular complexity index is 701. The molecular weight excluding hydrogens is 299 g/mol. The summed E-state index contributed by atoms with van der Waals surface area (Å²) >= 11 is 3.99. The van der Waals surface area contributed by atoms with Gasteiger partial charge in [-0.15, -0.1) is 0 Å². The van der Waals surface area contributed by atoms with Crippen molar-refractivity contribution in [3.63, 3.8) is 0 Å². The minimum absolute atomic E-state index is 0.136. The van der Waals surface area contributed by atoms with Gasteiger partial charge in [0, 0.05) is 12.3 Å². The number of hydrogen-bond acceptors (Lipinski definition) is 4. The lowest BCUT2D eigenvalue weighted by Gasteiger charge is -2.09. The zero-order chi connectivity index (χ0) is 14.8. The third kappa shape index (κ3) is 3.56. The Labute approximate surface area is 122 Å². The number of thiol groups is 1. The van der Waals surface area contributed by atoms with Crippen LogP contribution in [0.5, 0.6) is 0 Å². The van der Waals surface area contributed by atoms with Gasteiger partial charge >= 0.3 is 0 Å². The Hall–Kier alpha value is -1.44. The van der Waals surface area contributed by atoms with Crippen LogP contribution in [0.3, 0.4) is 0 Å². The van der Waals surface area contributed by atoms with Crippen molar-refractivity contribution in [1.29, 1.82) is 0 Å². The fraction of sp³-hybridized carbons (Fsp3) is 0.154. The maximum atomic E-state index is 13.0. The van der Waals surface area contributed by atoms with E-state index in [1.807, 2.05) is 0 Å². The number of pyridine rings is 1. The Kier molecular flexibility index (Phi) is 4.42. The number of benzene rings is 1. The van der Waals surface area contributed by atoms with Crippen LogP contribution in [0.25, 0.3) is 11.1 Å². The smallest absolute Gasteiger partial charge is 0.228 e. The number of nitrogens with one attached hydrogen (secondary N) is 1. The maximum absolute atomic E-state index is 13.0. The first kappa shape index (κ1) is 15.0. The normalized spacial score (nSPS) is 13.2. The second kappa shape index (κ2) is 5.90. The summed E-state index contributed by atoms with van der Waals surface area (Å²) < 4.78 is 39.2. The molecule has 0 amide bonds. The summed E-state index contributed by atoms with van der Waals surface area (Å²) in [6.07, 6.45) is 1.36. The van der Waals surface area contributed by atoms with E-state index in [2.05, 4.69) is 22.3 Å². The number of sulfonamides is 1. The molecule has 0 saturated carbocycles. The molecule has 0 saturated heterocycles. The van der Waals surface area contributed by atoms with Crippen molar-refractivity contribution in [2.45, 2.75) is 17.2 Å². The predicted molar refractivity (Wildman–Crippen MR) is 78.4 cm³/mol. The van der Waals surface area contributed by atoms with Gasteiger partial charge in [-0.3, -0.25) is 0 Å². The fourth-order valence-corrected chi connectivity index (χ4v) is 3.20. The highest BCUT2D eigenvalue weighted by Gasteiger charge is 2.15. The number of nitrogens with zero attached hydrogens (tertiary/aromatic N) is 1. The largest absolute Gasteiger partial charge is 0.241 e. The van der Waals surface area contributed by atoms with Gasteiger partial charge in [0.15, 0.2) is 0 Å². The van der Waals surface area contributed by atoms with Gasteiger partial charge in [0.05, 0.1) is 10.3 Å². The molecule has 7 heteroatoms. The minimum atomic E-state index is -3.58. The molecule has 1 unspecified atom stereocenters. The second-order valence-corrected chi connectivity index (χ2v) is 6.68. The first-order chi connectivity index (χ1) is 9.38. The van der Waals surface area contributed by atoms with Crippen LogP contribution in [0.2, 0.25) is 0 Å². The molecule has 1 aromatic heterocycles. The zero-order valence-corrected chi connectivity index (χ0v) is 12.3. The topological polar surface area (TPSA) is 59.1 Å². The maximum Gasteiger partial charge on any atom is 0.241 e. The van der Waals surface area contributed by atoms with Crippen molar-refractivity contribution in [3.05, 3.63) is 48.5 Å². The van der Waals surface area contributed by atoms with Crippen LogP contribution in [0.4, 0.5) is 4.39 Å². The van der Waals surface area contributed by atoms with Gasteiger partial charge in [-0.1, -0.05) is 12.1 Å². The highest BCUT2D eigenvalue weighted by atomic mass is 32.2. The quantitative estimate of drug-likeness (QED) is 0.518. The highest BCUT2D eigenvalue weighted by molar-refractivity contribution is 7.90. The number of aromatic nitrogens is 1. The first-order valence-electron chi connectivity index (χ1n) is 5.81. The average molecular weight is 312 g/mol. The van der Waals surface area contributed by atoms with E-state index in [0.717, 1.165) is 0 Å². The van der Waals surface area contributed by atoms with E-state index >= 15 is 0 Å². The summed E-state index contributed by atoms with van der Waals surface area (Å²) in [5.41, 5.74) is 1.35. The molecule has 106 valence electrons. The first-order valence-corrected chi connectivity index (χ1v) is 7.81. The van der Waals surface area contributed by atoms with E-state index in [0.29, 0.717) is 11.1 Å². The lowest BCUT2D eigenvalue weighted by atomic mass is 10.1. The summed E-state index contributed by atoms with van der Waals surface area (Å²) in [4.78, 5) is 3.61. The molecular formula is C13H13FN2O2S2. The van der Waals surface area contributed by atoms with Gasteiger partial charge < -0.3 is 0 Å². The molecule has 0 radical (unpaired) electrons. The van der Waals surface area contributed by atoms with Crippen LogP contribution < -0.4 is 4.72 Å². The molecule has 20 heavy (non-hydrogen) atoms. The number of halogens is 1. The number of hydrogen-bond donors (Lipinski definition) is 2. The summed E-state index contributed by atoms with van der Waals surface area (Å²) in [6, 6.07) is 9.11. The van der Waals surface area contributed by atoms with E-state index < -0.39 is 21.3 Å². The van der Waals surface area contributed by atoms with Gasteiger partial charge in [-0.2, -0.15) is 21.7 Å². The standard InChI is InChI=1S/C13H13FN2O2S2/c1-9(19)16-20(17,18)12-4-2-10(3-5-12)11-6-7-15-13(14)8-11/h2-9,16,19H,1H3. The van der Waals surface area contributed by atoms with Crippen LogP contribution in [0, 0.1) is 5.95 Å². The summed E-state index contributed by atoms with van der Waals surface area (Å²) in [6.45, 7) is 1.62. The van der Waals surface area contributed by atoms with Crippen molar-refractivity contribution >= 4 is 22.7 Å². The van der Waals surface area contributed by atoms with E-state index in [4.69, 9.17) is 0 Å². The predicted octanol–water partition coefficient (Wildman–Crippen LogP) is 2.44. The second-order valence-electron chi connectivity index (χ2n) is 4.19. The van der Waals surface area contributed by atoms with Crippen LogP contribution in [0.15, 0.2) is 47.5 Å². The van der Waals surface area contributed by atoms with Gasteiger partial charge in [0.2, 0.25) is 16.0 Å². The average Bonchev–Trinajstić information content (AvgIpc) is 2.37. The Morgan fingerprint density at radius 1 is 1.20 bits per heavy atom. The van der Waals surface area contributed by atoms with Crippen molar-refractivity contribution in [2.24, 2.45) is 0 Å². The lowest BCUT2D eigenvalue weighted by Crippen LogP contribution is -2.28. The third-order valence-electron chi connectivity index (χ3n) is 2.55. The Morgan fingerprint density at radius 2 is 1.85 bits per heavy atom. The van der Waals surface area contributed by atoms with Gasteiger partial charge in [-0.05, 0) is 36.2 Å². The molecule has 1 aromatic carbocycles. The number of rotatable bonds is 4. The van der Waals surface area contributed by atoms with E-state index in [1.54, 1.807) is 25.1 Å². The summed E-state index contributed by atoms with van der Waals surface area (Å²) in [5, 5.41) is -0.478. The van der Waals surface area contributed by atoms with Crippen molar-refractivity contribution < 1.29 is 12.8 Å². The molecule has 1 N–H and O–H groups in total. The molecule has 0 aliphatic carbocycles. The van der Waals surface area contributed by atoms with Crippen LogP contribution in [-0.2, 0) is 10.0 Å². The van der Waals surface area contributed by atoms with E-state index in [9.17, 15) is 12.8 Å². The molecule has 0 aliphatic heterocycles. The highest BCUT2D eigenvalue weighted by Crippen LogP contribution is 2.21. The van der Waals surface area contributed by atoms with Gasteiger partial charge in [0.25, 0.3) is 0 Å². The molecule has 2 rings (SSSR count). The monoisotopic (exact) mass is 312 g/mol. The summed E-state index contributed by atoms with van der Waals surface area (Å²) in [5.74, 6) is -0.579. The van der Waals surface area contributed by atoms with Crippen molar-refractivity contribution in [1.82, 2.24) is 9.71 Å². The minimum Gasteiger partial charge on any atom is -0.228 e. The van der Waals surface area contributed by atoms with Gasteiger partial charge in [0.1, 0.15) is 0 Å². The van der Waals surface area contributed by atoms with Crippen LogP contribution >= 0.6 is 12.6 Å². The van der Waals surface area contributed by atoms with E-state index in [-0.39, 0.29) is 4.90 Å². The van der Waals surface area contributed by atoms with E-state index in [1.165, 1.54) is 24.4 Å². The van der Waals surface area contributed by atoms with Crippen LogP contribution in [0.1, 0.15) is 6.92 Å². The van der Waals surface area contributed by atoms with Crippen molar-refractivity contribution in [2.75, 3.05) is 0 Å². The third-order valence-corrected chi connectivity index (χ3v) is 4.41. The Morgan fingerprint density at radius 3 is 2.40 bits per heavy atom. The SMILES string of the molecule is CC(S)NS(=O)(=O)c1ccc(-c2ccnc(F)c2)cc1. The molecule has 2 aromatic rings. The molecule has 0 spiro atoms. The molecule has 4 nitrogen and oxygen atoms in total. The van der Waals surface area contributed by atoms with Crippen LogP contribution in [-0.4, -0.2) is 18.8 Å². The fourth-order valence-electron chi connectivity index (χ4n) is 1.70. The van der Waals surface area contributed by atoms with Gasteiger partial charge in [-0.25, -0.2) is 13.4 Å². The molecule has 0 bridgehead atoms. The van der Waals surface area contributed by atoms with Crippen molar-refractivity contribution in [3.8, 4) is 11.1 Å². The summed E-state index contributed by atoms with van der Waals surface area (Å²) in [7, 11) is -3.58. The molecule has 1 atom stereocenters. The zero-order valence-electron chi connectivity index (χ0n) is 10.6.